The lowest BCUT2D eigenvalue weighted by atomic mass is 9.82. The van der Waals surface area contributed by atoms with Crippen molar-refractivity contribution in [2.24, 2.45) is 22.1 Å². The predicted octanol–water partition coefficient (Wildman–Crippen LogP) is 7.05. The van der Waals surface area contributed by atoms with Crippen LogP contribution >= 0.6 is 11.6 Å². The second kappa shape index (κ2) is 11.0. The van der Waals surface area contributed by atoms with Crippen molar-refractivity contribution >= 4 is 57.9 Å². The van der Waals surface area contributed by atoms with Crippen LogP contribution in [0.25, 0.3) is 0 Å². The third-order valence-electron chi connectivity index (χ3n) is 8.77. The highest BCUT2D eigenvalue weighted by Gasteiger charge is 2.57. The van der Waals surface area contributed by atoms with Crippen molar-refractivity contribution in [3.05, 3.63) is 76.4 Å². The third-order valence-corrected chi connectivity index (χ3v) is 9.10. The van der Waals surface area contributed by atoms with Crippen LogP contribution < -0.4 is 16.0 Å². The van der Waals surface area contributed by atoms with Crippen molar-refractivity contribution < 1.29 is 27.6 Å². The molecule has 1 atom stereocenters. The summed E-state index contributed by atoms with van der Waals surface area (Å²) in [5.74, 6) is -1.39. The number of amides is 3. The molecular weight excluding hydrogens is 595 g/mol. The molecule has 3 amide bonds. The summed E-state index contributed by atoms with van der Waals surface area (Å²) in [4.78, 5) is 49.0. The molecule has 0 spiro atoms. The average molecular weight is 624 g/mol. The van der Waals surface area contributed by atoms with Gasteiger partial charge in [0.25, 0.3) is 5.91 Å². The number of aliphatic imine (C=N–C) groups is 1. The summed E-state index contributed by atoms with van der Waals surface area (Å²) in [5, 5.41) is 2.71. The van der Waals surface area contributed by atoms with Gasteiger partial charge < -0.3 is 11.1 Å². The van der Waals surface area contributed by atoms with Crippen LogP contribution in [0.1, 0.15) is 68.2 Å². The molecule has 1 aromatic heterocycles. The Morgan fingerprint density at radius 2 is 1.68 bits per heavy atom. The SMILES string of the molecule is CC1=NC(=O)C(C2CCCC2)c2nc(Nc3ccc(N(C(=O)C4(C(N)=O)CC4)c4ccc(Cl)c(C(F)(F)F)c4)cc3)ccc21. The van der Waals surface area contributed by atoms with Gasteiger partial charge in [-0.2, -0.15) is 13.2 Å². The Labute approximate surface area is 256 Å². The predicted molar refractivity (Wildman–Crippen MR) is 160 cm³/mol. The van der Waals surface area contributed by atoms with E-state index in [0.29, 0.717) is 22.9 Å². The number of hydrogen-bond donors (Lipinski definition) is 2. The maximum Gasteiger partial charge on any atom is 0.417 e. The fourth-order valence-electron chi connectivity index (χ4n) is 6.21. The van der Waals surface area contributed by atoms with Gasteiger partial charge >= 0.3 is 6.18 Å². The van der Waals surface area contributed by atoms with Crippen LogP contribution in [-0.2, 0) is 20.6 Å². The van der Waals surface area contributed by atoms with Crippen LogP contribution in [0, 0.1) is 11.3 Å². The quantitative estimate of drug-likeness (QED) is 0.274. The fraction of sp³-hybridized carbons (Fsp3) is 0.344. The first kappa shape index (κ1) is 29.8. The number of carbonyl (C=O) groups excluding carboxylic acids is 3. The van der Waals surface area contributed by atoms with Gasteiger partial charge in [-0.25, -0.2) is 9.98 Å². The molecule has 3 aliphatic rings. The molecule has 0 saturated heterocycles. The van der Waals surface area contributed by atoms with Gasteiger partial charge in [-0.3, -0.25) is 19.3 Å². The van der Waals surface area contributed by atoms with Gasteiger partial charge in [0.1, 0.15) is 11.2 Å². The minimum atomic E-state index is -4.76. The van der Waals surface area contributed by atoms with Gasteiger partial charge in [0.15, 0.2) is 0 Å². The van der Waals surface area contributed by atoms with Crippen LogP contribution in [0.4, 0.5) is 36.1 Å². The topological polar surface area (TPSA) is 118 Å². The molecule has 8 nitrogen and oxygen atoms in total. The van der Waals surface area contributed by atoms with Crippen molar-refractivity contribution in [1.29, 1.82) is 0 Å². The number of alkyl halides is 3. The fourth-order valence-corrected chi connectivity index (χ4v) is 6.44. The highest BCUT2D eigenvalue weighted by atomic mass is 35.5. The lowest BCUT2D eigenvalue weighted by Gasteiger charge is -2.27. The smallest absolute Gasteiger partial charge is 0.369 e. The normalized spacial score (nSPS) is 19.2. The van der Waals surface area contributed by atoms with E-state index in [1.165, 1.54) is 6.07 Å². The lowest BCUT2D eigenvalue weighted by molar-refractivity contribution is -0.138. The first-order valence-corrected chi connectivity index (χ1v) is 14.8. The number of rotatable bonds is 7. The number of benzene rings is 2. The zero-order chi connectivity index (χ0) is 31.4. The van der Waals surface area contributed by atoms with Gasteiger partial charge in [-0.1, -0.05) is 24.4 Å². The highest BCUT2D eigenvalue weighted by Crippen LogP contribution is 2.50. The number of anilines is 4. The molecule has 6 rings (SSSR count). The lowest BCUT2D eigenvalue weighted by Crippen LogP contribution is -2.41. The standard InChI is InChI=1S/C32H29ClF3N5O3/c1-17-22-11-13-25(40-27(22)26(28(42)38-17)18-4-2-3-5-18)39-19-6-8-20(9-7-19)41(30(44)31(14-15-31)29(37)43)21-10-12-24(33)23(16-21)32(34,35)36/h6-13,16,18,26H,2-5,14-15H2,1H3,(H2,37,43)(H,39,40). The van der Waals surface area contributed by atoms with Crippen molar-refractivity contribution in [3.63, 3.8) is 0 Å². The van der Waals surface area contributed by atoms with Crippen molar-refractivity contribution in [2.45, 2.75) is 57.5 Å². The Kier molecular flexibility index (Phi) is 7.47. The van der Waals surface area contributed by atoms with Crippen LogP contribution in [0.3, 0.4) is 0 Å². The average Bonchev–Trinajstić information content (AvgIpc) is 3.63. The number of primary amides is 1. The summed E-state index contributed by atoms with van der Waals surface area (Å²) in [6, 6.07) is 13.2. The van der Waals surface area contributed by atoms with Crippen LogP contribution in [-0.4, -0.2) is 28.4 Å². The number of fused-ring (bicyclic) bond motifs is 1. The van der Waals surface area contributed by atoms with Gasteiger partial charge in [-0.15, -0.1) is 0 Å². The summed E-state index contributed by atoms with van der Waals surface area (Å²) in [6.07, 6.45) is -0.296. The molecular formula is C32H29ClF3N5O3. The number of pyridine rings is 1. The number of hydrogen-bond acceptors (Lipinski definition) is 5. The largest absolute Gasteiger partial charge is 0.417 e. The second-order valence-electron chi connectivity index (χ2n) is 11.6. The molecule has 3 aromatic rings. The van der Waals surface area contributed by atoms with Crippen molar-refractivity contribution in [1.82, 2.24) is 4.98 Å². The van der Waals surface area contributed by atoms with E-state index < -0.39 is 34.0 Å². The monoisotopic (exact) mass is 623 g/mol. The maximum atomic E-state index is 13.7. The van der Waals surface area contributed by atoms with E-state index in [1.807, 2.05) is 6.07 Å². The molecule has 2 aromatic carbocycles. The molecule has 2 saturated carbocycles. The molecule has 1 aliphatic heterocycles. The Bertz CT molecular complexity index is 1700. The van der Waals surface area contributed by atoms with E-state index in [2.05, 4.69) is 10.3 Å². The van der Waals surface area contributed by atoms with E-state index in [9.17, 15) is 27.6 Å². The molecule has 2 aliphatic carbocycles. The summed E-state index contributed by atoms with van der Waals surface area (Å²) >= 11 is 5.83. The van der Waals surface area contributed by atoms with Gasteiger partial charge in [0.2, 0.25) is 11.8 Å². The van der Waals surface area contributed by atoms with Crippen molar-refractivity contribution in [3.8, 4) is 0 Å². The maximum absolute atomic E-state index is 13.7. The Hall–Kier alpha value is -4.25. The minimum absolute atomic E-state index is 0.101. The number of carbonyl (C=O) groups is 3. The van der Waals surface area contributed by atoms with Crippen molar-refractivity contribution in [2.75, 3.05) is 10.2 Å². The number of nitrogens with one attached hydrogen (secondary N) is 1. The highest BCUT2D eigenvalue weighted by molar-refractivity contribution is 6.31. The Morgan fingerprint density at radius 1 is 1.02 bits per heavy atom. The van der Waals surface area contributed by atoms with E-state index in [0.717, 1.165) is 48.3 Å². The molecule has 228 valence electrons. The minimum Gasteiger partial charge on any atom is -0.369 e. The summed E-state index contributed by atoms with van der Waals surface area (Å²) < 4.78 is 41.1. The first-order chi connectivity index (χ1) is 20.9. The molecule has 12 heteroatoms. The van der Waals surface area contributed by atoms with E-state index in [1.54, 1.807) is 37.3 Å². The Balaban J connectivity index is 1.32. The van der Waals surface area contributed by atoms with Crippen LogP contribution in [0.5, 0.6) is 0 Å². The third kappa shape index (κ3) is 5.34. The zero-order valence-electron chi connectivity index (χ0n) is 23.7. The number of nitrogens with two attached hydrogens (primary N) is 1. The van der Waals surface area contributed by atoms with E-state index >= 15 is 0 Å². The Morgan fingerprint density at radius 3 is 2.30 bits per heavy atom. The summed E-state index contributed by atoms with van der Waals surface area (Å²) in [7, 11) is 0. The number of halogens is 4. The summed E-state index contributed by atoms with van der Waals surface area (Å²) in [6.45, 7) is 1.80. The number of nitrogens with zero attached hydrogens (tertiary/aromatic N) is 3. The van der Waals surface area contributed by atoms with E-state index in [-0.39, 0.29) is 42.0 Å². The zero-order valence-corrected chi connectivity index (χ0v) is 24.5. The van der Waals surface area contributed by atoms with Crippen LogP contribution in [0.2, 0.25) is 5.02 Å². The molecule has 44 heavy (non-hydrogen) atoms. The van der Waals surface area contributed by atoms with Gasteiger partial charge in [-0.05, 0) is 93.1 Å². The van der Waals surface area contributed by atoms with Crippen LogP contribution in [0.15, 0.2) is 59.6 Å². The molecule has 1 unspecified atom stereocenters. The molecule has 3 N–H and O–H groups in total. The first-order valence-electron chi connectivity index (χ1n) is 14.4. The molecule has 2 fully saturated rings. The number of aromatic nitrogens is 1. The van der Waals surface area contributed by atoms with Gasteiger partial charge in [0, 0.05) is 22.6 Å². The van der Waals surface area contributed by atoms with E-state index in [4.69, 9.17) is 22.3 Å². The molecule has 2 heterocycles. The molecule has 0 radical (unpaired) electrons. The van der Waals surface area contributed by atoms with Gasteiger partial charge in [0.05, 0.1) is 27.9 Å². The second-order valence-corrected chi connectivity index (χ2v) is 12.0. The molecule has 0 bridgehead atoms. The summed E-state index contributed by atoms with van der Waals surface area (Å²) in [5.41, 5.74) is 5.85.